The van der Waals surface area contributed by atoms with E-state index in [2.05, 4.69) is 24.8 Å². The molecule has 0 aromatic heterocycles. The van der Waals surface area contributed by atoms with Crippen LogP contribution in [0.1, 0.15) is 38.8 Å². The predicted molar refractivity (Wildman–Crippen MR) is 73.3 cm³/mol. The molecule has 1 heterocycles. The van der Waals surface area contributed by atoms with E-state index in [9.17, 15) is 9.90 Å². The number of hydrogen-bond donors (Lipinski definition) is 1. The lowest BCUT2D eigenvalue weighted by molar-refractivity contribution is -0.142. The van der Waals surface area contributed by atoms with Crippen LogP contribution in [-0.4, -0.2) is 23.7 Å². The molecule has 0 atom stereocenters. The van der Waals surface area contributed by atoms with Gasteiger partial charge in [-0.15, -0.1) is 0 Å². The van der Waals surface area contributed by atoms with E-state index in [1.807, 2.05) is 12.1 Å². The second-order valence-corrected chi connectivity index (χ2v) is 5.77. The average molecular weight is 247 g/mol. The average Bonchev–Trinajstić information content (AvgIpc) is 2.71. The van der Waals surface area contributed by atoms with Gasteiger partial charge in [-0.05, 0) is 51.3 Å². The maximum absolute atomic E-state index is 11.4. The van der Waals surface area contributed by atoms with E-state index >= 15 is 0 Å². The first kappa shape index (κ1) is 12.9. The Labute approximate surface area is 108 Å². The van der Waals surface area contributed by atoms with Gasteiger partial charge in [0, 0.05) is 18.3 Å². The Morgan fingerprint density at radius 1 is 1.39 bits per heavy atom. The number of anilines is 1. The zero-order chi connectivity index (χ0) is 13.5. The smallest absolute Gasteiger partial charge is 0.313 e. The van der Waals surface area contributed by atoms with Gasteiger partial charge in [0.2, 0.25) is 0 Å². The molecule has 18 heavy (non-hydrogen) atoms. The first-order valence-electron chi connectivity index (χ1n) is 6.48. The molecular formula is C15H21NO2. The fraction of sp³-hybridized carbons (Fsp3) is 0.533. The number of benzene rings is 1. The van der Waals surface area contributed by atoms with Crippen molar-refractivity contribution < 1.29 is 9.90 Å². The predicted octanol–water partition coefficient (Wildman–Crippen LogP) is 2.82. The molecule has 0 aliphatic carbocycles. The number of carbonyl (C=O) groups is 1. The van der Waals surface area contributed by atoms with Crippen LogP contribution in [0.15, 0.2) is 18.2 Å². The van der Waals surface area contributed by atoms with Gasteiger partial charge >= 0.3 is 5.97 Å². The minimum Gasteiger partial charge on any atom is -0.481 e. The molecule has 0 spiro atoms. The zero-order valence-electron chi connectivity index (χ0n) is 11.5. The van der Waals surface area contributed by atoms with Gasteiger partial charge in [0.05, 0.1) is 5.41 Å². The molecule has 0 bridgehead atoms. The van der Waals surface area contributed by atoms with E-state index in [4.69, 9.17) is 0 Å². The number of carboxylic acid groups (broad SMARTS) is 1. The Morgan fingerprint density at radius 2 is 2.06 bits per heavy atom. The van der Waals surface area contributed by atoms with E-state index in [1.54, 1.807) is 13.8 Å². The zero-order valence-corrected chi connectivity index (χ0v) is 11.5. The van der Waals surface area contributed by atoms with Crippen LogP contribution in [0.25, 0.3) is 0 Å². The molecule has 98 valence electrons. The van der Waals surface area contributed by atoms with Crippen LogP contribution in [0.3, 0.4) is 0 Å². The van der Waals surface area contributed by atoms with Gasteiger partial charge in [-0.2, -0.15) is 0 Å². The summed E-state index contributed by atoms with van der Waals surface area (Å²) >= 11 is 0. The second-order valence-electron chi connectivity index (χ2n) is 5.77. The molecule has 1 aliphatic rings. The van der Waals surface area contributed by atoms with Crippen LogP contribution >= 0.6 is 0 Å². The molecule has 3 nitrogen and oxygen atoms in total. The van der Waals surface area contributed by atoms with Crippen LogP contribution in [-0.2, 0) is 16.6 Å². The second kappa shape index (κ2) is 4.30. The highest BCUT2D eigenvalue weighted by Gasteiger charge is 2.35. The normalized spacial score (nSPS) is 15.1. The van der Waals surface area contributed by atoms with Crippen molar-refractivity contribution in [1.29, 1.82) is 0 Å². The topological polar surface area (TPSA) is 40.5 Å². The van der Waals surface area contributed by atoms with Gasteiger partial charge in [-0.3, -0.25) is 4.79 Å². The Morgan fingerprint density at radius 3 is 2.61 bits per heavy atom. The van der Waals surface area contributed by atoms with E-state index in [1.165, 1.54) is 11.3 Å². The molecular weight excluding hydrogens is 226 g/mol. The lowest BCUT2D eigenvalue weighted by atomic mass is 9.81. The minimum atomic E-state index is -0.821. The fourth-order valence-electron chi connectivity index (χ4n) is 2.70. The molecule has 0 amide bonds. The number of nitrogens with zero attached hydrogens (tertiary/aromatic N) is 1. The number of rotatable bonds is 3. The van der Waals surface area contributed by atoms with Crippen molar-refractivity contribution in [3.63, 3.8) is 0 Å². The standard InChI is InChI=1S/C15H21NO2/c1-10(2)16-9-8-11-12(6-5-7-13(11)16)15(3,4)14(17)18/h5-7,10H,8-9H2,1-4H3,(H,17,18). The Kier molecular flexibility index (Phi) is 3.09. The number of hydrogen-bond acceptors (Lipinski definition) is 2. The summed E-state index contributed by atoms with van der Waals surface area (Å²) in [7, 11) is 0. The van der Waals surface area contributed by atoms with Crippen LogP contribution < -0.4 is 4.90 Å². The van der Waals surface area contributed by atoms with Gasteiger partial charge in [-0.25, -0.2) is 0 Å². The van der Waals surface area contributed by atoms with Crippen molar-refractivity contribution in [1.82, 2.24) is 0 Å². The van der Waals surface area contributed by atoms with Crippen LogP contribution in [0.5, 0.6) is 0 Å². The van der Waals surface area contributed by atoms with Gasteiger partial charge in [0.1, 0.15) is 0 Å². The molecule has 1 aromatic carbocycles. The quantitative estimate of drug-likeness (QED) is 0.893. The molecule has 1 aromatic rings. The maximum Gasteiger partial charge on any atom is 0.313 e. The van der Waals surface area contributed by atoms with E-state index in [0.29, 0.717) is 6.04 Å². The van der Waals surface area contributed by atoms with Crippen LogP contribution in [0.2, 0.25) is 0 Å². The van der Waals surface area contributed by atoms with E-state index in [-0.39, 0.29) is 0 Å². The lowest BCUT2D eigenvalue weighted by Gasteiger charge is -2.26. The fourth-order valence-corrected chi connectivity index (χ4v) is 2.70. The van der Waals surface area contributed by atoms with Gasteiger partial charge in [0.15, 0.2) is 0 Å². The maximum atomic E-state index is 11.4. The van der Waals surface area contributed by atoms with Crippen molar-refractivity contribution in [2.75, 3.05) is 11.4 Å². The molecule has 2 rings (SSSR count). The van der Waals surface area contributed by atoms with Crippen molar-refractivity contribution >= 4 is 11.7 Å². The molecule has 0 radical (unpaired) electrons. The molecule has 0 saturated heterocycles. The molecule has 3 heteroatoms. The summed E-state index contributed by atoms with van der Waals surface area (Å²) in [4.78, 5) is 13.8. The number of aliphatic carboxylic acids is 1. The summed E-state index contributed by atoms with van der Waals surface area (Å²) in [6, 6.07) is 6.48. The van der Waals surface area contributed by atoms with E-state index in [0.717, 1.165) is 18.5 Å². The monoisotopic (exact) mass is 247 g/mol. The molecule has 0 fully saturated rings. The first-order chi connectivity index (χ1) is 8.35. The molecule has 0 unspecified atom stereocenters. The summed E-state index contributed by atoms with van der Waals surface area (Å²) in [5.74, 6) is -0.765. The van der Waals surface area contributed by atoms with Crippen LogP contribution in [0.4, 0.5) is 5.69 Å². The van der Waals surface area contributed by atoms with Crippen molar-refractivity contribution in [3.05, 3.63) is 29.3 Å². The molecule has 0 saturated carbocycles. The van der Waals surface area contributed by atoms with Crippen molar-refractivity contribution in [2.45, 2.75) is 45.6 Å². The highest BCUT2D eigenvalue weighted by atomic mass is 16.4. The van der Waals surface area contributed by atoms with Crippen molar-refractivity contribution in [2.24, 2.45) is 0 Å². The van der Waals surface area contributed by atoms with E-state index < -0.39 is 11.4 Å². The lowest BCUT2D eigenvalue weighted by Crippen LogP contribution is -2.30. The van der Waals surface area contributed by atoms with Gasteiger partial charge in [0.25, 0.3) is 0 Å². The van der Waals surface area contributed by atoms with Crippen molar-refractivity contribution in [3.8, 4) is 0 Å². The first-order valence-corrected chi connectivity index (χ1v) is 6.48. The summed E-state index contributed by atoms with van der Waals surface area (Å²) in [6.07, 6.45) is 0.945. The van der Waals surface area contributed by atoms with Gasteiger partial charge in [-0.1, -0.05) is 12.1 Å². The molecule has 1 aliphatic heterocycles. The third-order valence-corrected chi connectivity index (χ3v) is 3.89. The Bertz CT molecular complexity index is 477. The highest BCUT2D eigenvalue weighted by Crippen LogP contribution is 2.37. The summed E-state index contributed by atoms with van der Waals surface area (Å²) in [5, 5.41) is 9.39. The van der Waals surface area contributed by atoms with Gasteiger partial charge < -0.3 is 10.0 Å². The SMILES string of the molecule is CC(C)N1CCc2c1cccc2C(C)(C)C(=O)O. The molecule has 1 N–H and O–H groups in total. The summed E-state index contributed by atoms with van der Waals surface area (Å²) in [5.41, 5.74) is 2.55. The largest absolute Gasteiger partial charge is 0.481 e. The number of fused-ring (bicyclic) bond motifs is 1. The third kappa shape index (κ3) is 1.88. The summed E-state index contributed by atoms with van der Waals surface area (Å²) < 4.78 is 0. The highest BCUT2D eigenvalue weighted by molar-refractivity contribution is 5.82. The third-order valence-electron chi connectivity index (χ3n) is 3.89. The number of carboxylic acids is 1. The van der Waals surface area contributed by atoms with Crippen LogP contribution in [0, 0.1) is 0 Å². The minimum absolute atomic E-state index is 0.453. The summed E-state index contributed by atoms with van der Waals surface area (Å²) in [6.45, 7) is 8.89. The Hall–Kier alpha value is -1.51. The Balaban J connectivity index is 2.52.